The third kappa shape index (κ3) is 5.05. The van der Waals surface area contributed by atoms with Crippen molar-refractivity contribution >= 4 is 11.9 Å². The van der Waals surface area contributed by atoms with E-state index in [0.29, 0.717) is 0 Å². The van der Waals surface area contributed by atoms with Crippen molar-refractivity contribution < 1.29 is 19.1 Å². The van der Waals surface area contributed by atoms with Gasteiger partial charge in [-0.2, -0.15) is 0 Å². The molecule has 0 spiro atoms. The number of carboxylic acid groups (broad SMARTS) is 1. The van der Waals surface area contributed by atoms with E-state index in [2.05, 4.69) is 5.32 Å². The van der Waals surface area contributed by atoms with E-state index in [-0.39, 0.29) is 24.7 Å². The third-order valence-corrected chi connectivity index (χ3v) is 2.73. The van der Waals surface area contributed by atoms with Gasteiger partial charge in [-0.15, -0.1) is 0 Å². The van der Waals surface area contributed by atoms with Crippen molar-refractivity contribution in [2.75, 3.05) is 0 Å². The molecule has 0 saturated heterocycles. The Morgan fingerprint density at radius 1 is 1.37 bits per heavy atom. The van der Waals surface area contributed by atoms with Gasteiger partial charge in [-0.3, -0.25) is 9.59 Å². The van der Waals surface area contributed by atoms with Gasteiger partial charge in [-0.05, 0) is 31.0 Å². The first-order chi connectivity index (χ1) is 8.90. The lowest BCUT2D eigenvalue weighted by atomic mass is 10.1. The lowest BCUT2D eigenvalue weighted by molar-refractivity contribution is -0.137. The molecule has 1 rings (SSSR count). The van der Waals surface area contributed by atoms with Crippen molar-refractivity contribution in [2.45, 2.75) is 31.8 Å². The Labute approximate surface area is 110 Å². The van der Waals surface area contributed by atoms with Crippen LogP contribution >= 0.6 is 0 Å². The highest BCUT2D eigenvalue weighted by molar-refractivity contribution is 5.82. The summed E-state index contributed by atoms with van der Waals surface area (Å²) in [5, 5.41) is 11.2. The van der Waals surface area contributed by atoms with Gasteiger partial charge in [-0.1, -0.05) is 12.1 Å². The number of nitrogens with two attached hydrogens (primary N) is 1. The summed E-state index contributed by atoms with van der Waals surface area (Å²) < 4.78 is 12.8. The van der Waals surface area contributed by atoms with Crippen LogP contribution in [-0.4, -0.2) is 23.0 Å². The van der Waals surface area contributed by atoms with Crippen LogP contribution in [0.1, 0.15) is 31.4 Å². The predicted molar refractivity (Wildman–Crippen MR) is 67.8 cm³/mol. The van der Waals surface area contributed by atoms with E-state index in [1.54, 1.807) is 19.1 Å². The van der Waals surface area contributed by atoms with Gasteiger partial charge in [-0.25, -0.2) is 4.39 Å². The first-order valence-corrected chi connectivity index (χ1v) is 5.93. The van der Waals surface area contributed by atoms with Gasteiger partial charge in [0, 0.05) is 6.42 Å². The Bertz CT molecular complexity index is 448. The molecule has 0 saturated carbocycles. The number of carbonyl (C=O) groups excluding carboxylic acids is 1. The molecule has 0 bridgehead atoms. The van der Waals surface area contributed by atoms with E-state index < -0.39 is 17.9 Å². The van der Waals surface area contributed by atoms with Crippen molar-refractivity contribution in [1.82, 2.24) is 5.32 Å². The molecular formula is C13H17FN2O3. The van der Waals surface area contributed by atoms with Crippen LogP contribution in [0.3, 0.4) is 0 Å². The van der Waals surface area contributed by atoms with Crippen LogP contribution in [-0.2, 0) is 9.59 Å². The monoisotopic (exact) mass is 268 g/mol. The molecule has 0 aromatic heterocycles. The molecule has 19 heavy (non-hydrogen) atoms. The molecule has 1 aromatic carbocycles. The van der Waals surface area contributed by atoms with E-state index in [1.165, 1.54) is 12.1 Å². The number of carbonyl (C=O) groups is 2. The SMILES string of the molecule is C[C@@H](NC(=O)C(N)CCC(=O)O)c1ccc(F)cc1. The van der Waals surface area contributed by atoms with E-state index in [0.717, 1.165) is 5.56 Å². The van der Waals surface area contributed by atoms with Gasteiger partial charge in [0.1, 0.15) is 5.82 Å². The molecule has 104 valence electrons. The van der Waals surface area contributed by atoms with Crippen LogP contribution in [0.25, 0.3) is 0 Å². The molecule has 6 heteroatoms. The topological polar surface area (TPSA) is 92.4 Å². The summed E-state index contributed by atoms with van der Waals surface area (Å²) in [6.45, 7) is 1.75. The van der Waals surface area contributed by atoms with Crippen molar-refractivity contribution in [3.8, 4) is 0 Å². The minimum Gasteiger partial charge on any atom is -0.481 e. The first-order valence-electron chi connectivity index (χ1n) is 5.93. The first kappa shape index (κ1) is 15.1. The quantitative estimate of drug-likeness (QED) is 0.722. The van der Waals surface area contributed by atoms with Crippen molar-refractivity contribution in [1.29, 1.82) is 0 Å². The maximum atomic E-state index is 12.8. The summed E-state index contributed by atoms with van der Waals surface area (Å²) >= 11 is 0. The number of amides is 1. The Balaban J connectivity index is 2.51. The maximum Gasteiger partial charge on any atom is 0.303 e. The third-order valence-electron chi connectivity index (χ3n) is 2.73. The normalized spacial score (nSPS) is 13.6. The largest absolute Gasteiger partial charge is 0.481 e. The molecule has 1 unspecified atom stereocenters. The van der Waals surface area contributed by atoms with Crippen molar-refractivity contribution in [3.63, 3.8) is 0 Å². The van der Waals surface area contributed by atoms with Crippen LogP contribution in [0.5, 0.6) is 0 Å². The fraction of sp³-hybridized carbons (Fsp3) is 0.385. The number of hydrogen-bond donors (Lipinski definition) is 3. The van der Waals surface area contributed by atoms with Gasteiger partial charge in [0.2, 0.25) is 5.91 Å². The summed E-state index contributed by atoms with van der Waals surface area (Å²) in [5.41, 5.74) is 6.33. The van der Waals surface area contributed by atoms with E-state index in [1.807, 2.05) is 0 Å². The van der Waals surface area contributed by atoms with Crippen LogP contribution in [0, 0.1) is 5.82 Å². The van der Waals surface area contributed by atoms with Gasteiger partial charge in [0.15, 0.2) is 0 Å². The van der Waals surface area contributed by atoms with Gasteiger partial charge in [0.05, 0.1) is 12.1 Å². The lowest BCUT2D eigenvalue weighted by Gasteiger charge is -2.17. The number of carboxylic acids is 1. The van der Waals surface area contributed by atoms with Crippen LogP contribution < -0.4 is 11.1 Å². The molecule has 1 aromatic rings. The number of halogens is 1. The zero-order valence-corrected chi connectivity index (χ0v) is 10.6. The number of hydrogen-bond acceptors (Lipinski definition) is 3. The molecule has 0 aliphatic heterocycles. The second-order valence-electron chi connectivity index (χ2n) is 4.32. The highest BCUT2D eigenvalue weighted by Gasteiger charge is 2.17. The molecule has 5 nitrogen and oxygen atoms in total. The Kier molecular flexibility index (Phi) is 5.44. The number of aliphatic carboxylic acids is 1. The van der Waals surface area contributed by atoms with E-state index in [9.17, 15) is 14.0 Å². The fourth-order valence-corrected chi connectivity index (χ4v) is 1.57. The molecule has 2 atom stereocenters. The summed E-state index contributed by atoms with van der Waals surface area (Å²) in [4.78, 5) is 22.1. The van der Waals surface area contributed by atoms with Crippen LogP contribution in [0.15, 0.2) is 24.3 Å². The van der Waals surface area contributed by atoms with Crippen molar-refractivity contribution in [2.24, 2.45) is 5.73 Å². The Morgan fingerprint density at radius 3 is 2.47 bits per heavy atom. The highest BCUT2D eigenvalue weighted by atomic mass is 19.1. The number of benzene rings is 1. The average Bonchev–Trinajstić information content (AvgIpc) is 2.36. The zero-order valence-electron chi connectivity index (χ0n) is 10.6. The predicted octanol–water partition coefficient (Wildman–Crippen LogP) is 1.19. The number of rotatable bonds is 6. The summed E-state index contributed by atoms with van der Waals surface area (Å²) in [6.07, 6.45) is -0.0726. The lowest BCUT2D eigenvalue weighted by Crippen LogP contribution is -2.41. The standard InChI is InChI=1S/C13H17FN2O3/c1-8(9-2-4-10(14)5-3-9)16-13(19)11(15)6-7-12(17)18/h2-5,8,11H,6-7,15H2,1H3,(H,16,19)(H,17,18)/t8-,11?/m1/s1. The maximum absolute atomic E-state index is 12.8. The average molecular weight is 268 g/mol. The zero-order chi connectivity index (χ0) is 14.4. The molecule has 0 aliphatic carbocycles. The molecule has 1 amide bonds. The molecular weight excluding hydrogens is 251 g/mol. The fourth-order valence-electron chi connectivity index (χ4n) is 1.57. The minimum absolute atomic E-state index is 0.0807. The summed E-state index contributed by atoms with van der Waals surface area (Å²) in [5.74, 6) is -1.76. The second kappa shape index (κ2) is 6.84. The Morgan fingerprint density at radius 2 is 1.95 bits per heavy atom. The van der Waals surface area contributed by atoms with Gasteiger partial charge in [0.25, 0.3) is 0 Å². The van der Waals surface area contributed by atoms with Gasteiger partial charge < -0.3 is 16.2 Å². The van der Waals surface area contributed by atoms with E-state index >= 15 is 0 Å². The number of nitrogens with one attached hydrogen (secondary N) is 1. The van der Waals surface area contributed by atoms with Crippen LogP contribution in [0.2, 0.25) is 0 Å². The molecule has 0 radical (unpaired) electrons. The second-order valence-corrected chi connectivity index (χ2v) is 4.32. The smallest absolute Gasteiger partial charge is 0.303 e. The van der Waals surface area contributed by atoms with E-state index in [4.69, 9.17) is 10.8 Å². The minimum atomic E-state index is -0.991. The Hall–Kier alpha value is -1.95. The summed E-state index contributed by atoms with van der Waals surface area (Å²) in [7, 11) is 0. The molecule has 4 N–H and O–H groups in total. The van der Waals surface area contributed by atoms with Crippen molar-refractivity contribution in [3.05, 3.63) is 35.6 Å². The molecule has 0 heterocycles. The molecule has 0 fully saturated rings. The molecule has 0 aliphatic rings. The summed E-state index contributed by atoms with van der Waals surface area (Å²) in [6, 6.07) is 4.58. The van der Waals surface area contributed by atoms with Crippen LogP contribution in [0.4, 0.5) is 4.39 Å². The highest BCUT2D eigenvalue weighted by Crippen LogP contribution is 2.13. The van der Waals surface area contributed by atoms with Gasteiger partial charge >= 0.3 is 5.97 Å².